The normalized spacial score (nSPS) is 14.7. The maximum atomic E-state index is 4.23. The van der Waals surface area contributed by atoms with Crippen LogP contribution >= 0.6 is 0 Å². The molecule has 0 bridgehead atoms. The summed E-state index contributed by atoms with van der Waals surface area (Å²) in [6.45, 7) is 11.7. The summed E-state index contributed by atoms with van der Waals surface area (Å²) in [4.78, 5) is 8.12. The summed E-state index contributed by atoms with van der Waals surface area (Å²) >= 11 is 0. The Morgan fingerprint density at radius 2 is 1.75 bits per heavy atom. The van der Waals surface area contributed by atoms with Gasteiger partial charge in [0.05, 0.1) is 0 Å². The second kappa shape index (κ2) is 4.86. The van der Waals surface area contributed by atoms with Crippen molar-refractivity contribution in [3.63, 3.8) is 0 Å². The smallest absolute Gasteiger partial charge is 0.0417 e. The fourth-order valence-corrected chi connectivity index (χ4v) is 1.16. The molecule has 0 amide bonds. The van der Waals surface area contributed by atoms with Crippen LogP contribution in [0.5, 0.6) is 0 Å². The minimum atomic E-state index is 0.451. The third-order valence-electron chi connectivity index (χ3n) is 1.95. The highest BCUT2D eigenvalue weighted by Crippen LogP contribution is 2.12. The summed E-state index contributed by atoms with van der Waals surface area (Å²) in [7, 11) is 1.81. The zero-order valence-electron chi connectivity index (χ0n) is 8.68. The number of hydrogen-bond acceptors (Lipinski definition) is 2. The first kappa shape index (κ1) is 11.1. The lowest BCUT2D eigenvalue weighted by molar-refractivity contribution is 0.876. The van der Waals surface area contributed by atoms with Gasteiger partial charge >= 0.3 is 0 Å². The van der Waals surface area contributed by atoms with Crippen LogP contribution in [0, 0.1) is 5.92 Å². The third-order valence-corrected chi connectivity index (χ3v) is 1.95. The minimum absolute atomic E-state index is 0.451. The third kappa shape index (κ3) is 2.61. The number of aliphatic imine (C=N–C) groups is 2. The van der Waals surface area contributed by atoms with Crippen molar-refractivity contribution in [3.8, 4) is 0 Å². The Morgan fingerprint density at radius 3 is 2.00 bits per heavy atom. The molecule has 0 unspecified atom stereocenters. The Hall–Kier alpha value is -0.920. The maximum absolute atomic E-state index is 4.23. The van der Waals surface area contributed by atoms with Crippen molar-refractivity contribution in [2.24, 2.45) is 15.9 Å². The molecule has 0 saturated carbocycles. The number of hydrogen-bond donors (Lipinski definition) is 0. The van der Waals surface area contributed by atoms with E-state index in [0.29, 0.717) is 5.92 Å². The fraction of sp³-hybridized carbons (Fsp3) is 0.600. The predicted molar refractivity (Wildman–Crippen MR) is 56.1 cm³/mol. The predicted octanol–water partition coefficient (Wildman–Crippen LogP) is 2.71. The summed E-state index contributed by atoms with van der Waals surface area (Å²) in [6, 6.07) is 0. The molecule has 2 nitrogen and oxygen atoms in total. The highest BCUT2D eigenvalue weighted by atomic mass is 14.7. The number of nitrogens with zero attached hydrogens (tertiary/aromatic N) is 2. The number of rotatable bonds is 3. The van der Waals surface area contributed by atoms with Crippen molar-refractivity contribution in [1.82, 2.24) is 0 Å². The molecule has 0 aromatic rings. The maximum Gasteiger partial charge on any atom is 0.0417 e. The zero-order valence-corrected chi connectivity index (χ0v) is 8.68. The first-order valence-corrected chi connectivity index (χ1v) is 4.15. The summed E-state index contributed by atoms with van der Waals surface area (Å²) in [6.07, 6.45) is 0. The Morgan fingerprint density at radius 1 is 1.25 bits per heavy atom. The second-order valence-electron chi connectivity index (χ2n) is 3.13. The topological polar surface area (TPSA) is 24.7 Å². The highest BCUT2D eigenvalue weighted by molar-refractivity contribution is 6.01. The summed E-state index contributed by atoms with van der Waals surface area (Å²) in [5.74, 6) is 0.451. The molecule has 0 fully saturated rings. The van der Waals surface area contributed by atoms with E-state index >= 15 is 0 Å². The van der Waals surface area contributed by atoms with Gasteiger partial charge in [-0.1, -0.05) is 13.8 Å². The van der Waals surface area contributed by atoms with Crippen molar-refractivity contribution < 1.29 is 0 Å². The molecule has 2 heteroatoms. The first-order chi connectivity index (χ1) is 5.54. The molecule has 0 aliphatic rings. The fourth-order valence-electron chi connectivity index (χ4n) is 1.16. The van der Waals surface area contributed by atoms with E-state index in [1.165, 1.54) is 0 Å². The van der Waals surface area contributed by atoms with Crippen LogP contribution in [0.2, 0.25) is 0 Å². The van der Waals surface area contributed by atoms with Crippen LogP contribution in [-0.2, 0) is 0 Å². The Labute approximate surface area is 75.1 Å². The van der Waals surface area contributed by atoms with E-state index in [1.807, 2.05) is 20.9 Å². The molecule has 0 atom stereocenters. The zero-order chi connectivity index (χ0) is 9.72. The van der Waals surface area contributed by atoms with Gasteiger partial charge in [-0.2, -0.15) is 0 Å². The standard InChI is InChI=1S/C10H18N2/c1-7(2)10(12-6)8(3)9(4)11-5/h7H,5H2,1-4,6H3/b9-8-,12-10-. The average molecular weight is 166 g/mol. The number of allylic oxidation sites excluding steroid dienone is 2. The van der Waals surface area contributed by atoms with Crippen LogP contribution in [0.3, 0.4) is 0 Å². The van der Waals surface area contributed by atoms with E-state index in [0.717, 1.165) is 17.0 Å². The molecular weight excluding hydrogens is 148 g/mol. The van der Waals surface area contributed by atoms with Crippen molar-refractivity contribution >= 4 is 12.4 Å². The second-order valence-corrected chi connectivity index (χ2v) is 3.13. The van der Waals surface area contributed by atoms with Crippen molar-refractivity contribution in [2.75, 3.05) is 7.05 Å². The molecule has 0 saturated heterocycles. The van der Waals surface area contributed by atoms with Gasteiger partial charge in [0, 0.05) is 18.5 Å². The van der Waals surface area contributed by atoms with Crippen LogP contribution in [0.4, 0.5) is 0 Å². The van der Waals surface area contributed by atoms with Crippen LogP contribution in [0.25, 0.3) is 0 Å². The van der Waals surface area contributed by atoms with Crippen LogP contribution < -0.4 is 0 Å². The molecule has 0 aromatic heterocycles. The van der Waals surface area contributed by atoms with Crippen LogP contribution in [0.1, 0.15) is 27.7 Å². The van der Waals surface area contributed by atoms with E-state index in [1.54, 1.807) is 0 Å². The van der Waals surface area contributed by atoms with Crippen LogP contribution in [-0.4, -0.2) is 19.5 Å². The minimum Gasteiger partial charge on any atom is -0.292 e. The van der Waals surface area contributed by atoms with Crippen molar-refractivity contribution in [2.45, 2.75) is 27.7 Å². The van der Waals surface area contributed by atoms with Gasteiger partial charge in [-0.25, -0.2) is 0 Å². The lowest BCUT2D eigenvalue weighted by atomic mass is 10.00. The summed E-state index contributed by atoms with van der Waals surface area (Å²) in [5, 5.41) is 0. The van der Waals surface area contributed by atoms with Gasteiger partial charge in [-0.05, 0) is 32.1 Å². The molecule has 0 radical (unpaired) electrons. The molecular formula is C10H18N2. The van der Waals surface area contributed by atoms with E-state index in [9.17, 15) is 0 Å². The molecule has 0 aliphatic carbocycles. The van der Waals surface area contributed by atoms with Crippen molar-refractivity contribution in [1.29, 1.82) is 0 Å². The highest BCUT2D eigenvalue weighted by Gasteiger charge is 2.08. The molecule has 68 valence electrons. The molecule has 0 N–H and O–H groups in total. The molecule has 0 heterocycles. The summed E-state index contributed by atoms with van der Waals surface area (Å²) in [5.41, 5.74) is 3.21. The van der Waals surface area contributed by atoms with E-state index in [-0.39, 0.29) is 0 Å². The quantitative estimate of drug-likeness (QED) is 0.576. The van der Waals surface area contributed by atoms with E-state index in [4.69, 9.17) is 0 Å². The van der Waals surface area contributed by atoms with Gasteiger partial charge in [0.1, 0.15) is 0 Å². The molecule has 12 heavy (non-hydrogen) atoms. The Kier molecular flexibility index (Phi) is 4.49. The Bertz CT molecular complexity index is 222. The van der Waals surface area contributed by atoms with Gasteiger partial charge in [0.2, 0.25) is 0 Å². The van der Waals surface area contributed by atoms with Gasteiger partial charge < -0.3 is 0 Å². The molecule has 0 aliphatic heterocycles. The average Bonchev–Trinajstić information content (AvgIpc) is 2.03. The summed E-state index contributed by atoms with van der Waals surface area (Å²) < 4.78 is 0. The van der Waals surface area contributed by atoms with Crippen molar-refractivity contribution in [3.05, 3.63) is 11.3 Å². The van der Waals surface area contributed by atoms with Gasteiger partial charge in [-0.3, -0.25) is 9.98 Å². The molecule has 0 rings (SSSR count). The van der Waals surface area contributed by atoms with Gasteiger partial charge in [-0.15, -0.1) is 0 Å². The first-order valence-electron chi connectivity index (χ1n) is 4.15. The monoisotopic (exact) mass is 166 g/mol. The molecule has 0 aromatic carbocycles. The lowest BCUT2D eigenvalue weighted by Crippen LogP contribution is -2.10. The lowest BCUT2D eigenvalue weighted by Gasteiger charge is -2.10. The van der Waals surface area contributed by atoms with Gasteiger partial charge in [0.15, 0.2) is 0 Å². The van der Waals surface area contributed by atoms with E-state index in [2.05, 4.69) is 30.5 Å². The Balaban J connectivity index is 4.89. The SMILES string of the molecule is C=N/C(C)=C(C)\C(=N/C)C(C)C. The van der Waals surface area contributed by atoms with Gasteiger partial charge in [0.25, 0.3) is 0 Å². The molecule has 0 spiro atoms. The van der Waals surface area contributed by atoms with Crippen LogP contribution in [0.15, 0.2) is 21.3 Å². The largest absolute Gasteiger partial charge is 0.292 e. The van der Waals surface area contributed by atoms with E-state index < -0.39 is 0 Å².